The molecule has 1 aliphatic heterocycles. The van der Waals surface area contributed by atoms with Gasteiger partial charge in [0.25, 0.3) is 0 Å². The third-order valence-corrected chi connectivity index (χ3v) is 5.19. The molecule has 0 bridgehead atoms. The molecule has 7 heteroatoms. The first kappa shape index (κ1) is 24.1. The SMILES string of the molecule is CN=C(NCc1ccc(CN2CCCCC2)cc1)NCc1ccc(C#N)cc1F.I. The number of piperidine rings is 1. The van der Waals surface area contributed by atoms with Crippen LogP contribution in [-0.2, 0) is 19.6 Å². The fourth-order valence-electron chi connectivity index (χ4n) is 3.48. The highest BCUT2D eigenvalue weighted by molar-refractivity contribution is 14.0. The predicted molar refractivity (Wildman–Crippen MR) is 129 cm³/mol. The fraction of sp³-hybridized carbons (Fsp3) is 0.391. The second kappa shape index (κ2) is 12.5. The molecule has 0 atom stereocenters. The first-order valence-electron chi connectivity index (χ1n) is 10.1. The molecule has 2 N–H and O–H groups in total. The summed E-state index contributed by atoms with van der Waals surface area (Å²) in [5, 5.41) is 15.2. The monoisotopic (exact) mass is 521 g/mol. The van der Waals surface area contributed by atoms with Gasteiger partial charge >= 0.3 is 0 Å². The van der Waals surface area contributed by atoms with E-state index in [4.69, 9.17) is 5.26 Å². The first-order chi connectivity index (χ1) is 14.2. The molecule has 160 valence electrons. The Balaban J connectivity index is 0.00000320. The summed E-state index contributed by atoms with van der Waals surface area (Å²) >= 11 is 0. The van der Waals surface area contributed by atoms with E-state index in [0.29, 0.717) is 30.2 Å². The molecule has 0 unspecified atom stereocenters. The third-order valence-electron chi connectivity index (χ3n) is 5.19. The number of nitrogens with zero attached hydrogens (tertiary/aromatic N) is 3. The average molecular weight is 521 g/mol. The number of halogens is 2. The molecule has 30 heavy (non-hydrogen) atoms. The number of benzene rings is 2. The fourth-order valence-corrected chi connectivity index (χ4v) is 3.48. The van der Waals surface area contributed by atoms with Gasteiger partial charge in [-0.1, -0.05) is 36.8 Å². The van der Waals surface area contributed by atoms with Crippen LogP contribution in [-0.4, -0.2) is 31.0 Å². The lowest BCUT2D eigenvalue weighted by Crippen LogP contribution is -2.36. The van der Waals surface area contributed by atoms with Gasteiger partial charge in [-0.25, -0.2) is 4.39 Å². The summed E-state index contributed by atoms with van der Waals surface area (Å²) in [5.74, 6) is 0.211. The van der Waals surface area contributed by atoms with Crippen LogP contribution >= 0.6 is 24.0 Å². The maximum Gasteiger partial charge on any atom is 0.191 e. The molecule has 0 amide bonds. The van der Waals surface area contributed by atoms with Crippen LogP contribution in [0.3, 0.4) is 0 Å². The van der Waals surface area contributed by atoms with Crippen LogP contribution in [0.1, 0.15) is 41.5 Å². The Bertz CT molecular complexity index is 870. The van der Waals surface area contributed by atoms with Gasteiger partial charge in [0.05, 0.1) is 11.6 Å². The van der Waals surface area contributed by atoms with Crippen molar-refractivity contribution in [3.05, 3.63) is 70.5 Å². The van der Waals surface area contributed by atoms with Gasteiger partial charge in [-0.3, -0.25) is 9.89 Å². The van der Waals surface area contributed by atoms with Crippen molar-refractivity contribution < 1.29 is 4.39 Å². The van der Waals surface area contributed by atoms with E-state index in [2.05, 4.69) is 44.8 Å². The molecule has 1 saturated heterocycles. The van der Waals surface area contributed by atoms with Gasteiger partial charge in [-0.2, -0.15) is 5.26 Å². The molecule has 0 aliphatic carbocycles. The highest BCUT2D eigenvalue weighted by atomic mass is 127. The van der Waals surface area contributed by atoms with Gasteiger partial charge in [0.15, 0.2) is 5.96 Å². The van der Waals surface area contributed by atoms with Crippen LogP contribution in [0, 0.1) is 17.1 Å². The van der Waals surface area contributed by atoms with Crippen LogP contribution in [0.5, 0.6) is 0 Å². The van der Waals surface area contributed by atoms with E-state index in [9.17, 15) is 4.39 Å². The zero-order valence-electron chi connectivity index (χ0n) is 17.3. The molecule has 1 heterocycles. The summed E-state index contributed by atoms with van der Waals surface area (Å²) in [4.78, 5) is 6.71. The number of hydrogen-bond acceptors (Lipinski definition) is 3. The average Bonchev–Trinajstić information content (AvgIpc) is 2.76. The van der Waals surface area contributed by atoms with E-state index >= 15 is 0 Å². The Morgan fingerprint density at radius 1 is 1.03 bits per heavy atom. The molecule has 0 spiro atoms. The maximum atomic E-state index is 14.0. The molecule has 2 aromatic carbocycles. The number of guanidine groups is 1. The molecular formula is C23H29FIN5. The van der Waals surface area contributed by atoms with Crippen molar-refractivity contribution in [3.63, 3.8) is 0 Å². The van der Waals surface area contributed by atoms with Crippen molar-refractivity contribution in [2.24, 2.45) is 4.99 Å². The van der Waals surface area contributed by atoms with E-state index in [1.54, 1.807) is 19.2 Å². The molecular weight excluding hydrogens is 492 g/mol. The summed E-state index contributed by atoms with van der Waals surface area (Å²) in [6.45, 7) is 4.36. The number of nitriles is 1. The van der Waals surface area contributed by atoms with Gasteiger partial charge in [-0.05, 0) is 49.2 Å². The zero-order chi connectivity index (χ0) is 20.5. The van der Waals surface area contributed by atoms with E-state index < -0.39 is 5.82 Å². The Labute approximate surface area is 195 Å². The van der Waals surface area contributed by atoms with Gasteiger partial charge < -0.3 is 10.6 Å². The minimum atomic E-state index is -0.392. The first-order valence-corrected chi connectivity index (χ1v) is 10.1. The largest absolute Gasteiger partial charge is 0.352 e. The normalized spacial score (nSPS) is 14.5. The van der Waals surface area contributed by atoms with E-state index in [-0.39, 0.29) is 24.0 Å². The van der Waals surface area contributed by atoms with Crippen LogP contribution < -0.4 is 10.6 Å². The lowest BCUT2D eigenvalue weighted by Gasteiger charge is -2.26. The summed E-state index contributed by atoms with van der Waals surface area (Å²) in [6.07, 6.45) is 3.97. The summed E-state index contributed by atoms with van der Waals surface area (Å²) in [6, 6.07) is 15.1. The molecule has 5 nitrogen and oxygen atoms in total. The highest BCUT2D eigenvalue weighted by Gasteiger charge is 2.10. The summed E-state index contributed by atoms with van der Waals surface area (Å²) in [7, 11) is 1.69. The summed E-state index contributed by atoms with van der Waals surface area (Å²) in [5.41, 5.74) is 3.32. The molecule has 0 aromatic heterocycles. The molecule has 3 rings (SSSR count). The van der Waals surface area contributed by atoms with Crippen molar-refractivity contribution >= 4 is 29.9 Å². The minimum Gasteiger partial charge on any atom is -0.352 e. The van der Waals surface area contributed by atoms with Crippen LogP contribution in [0.4, 0.5) is 4.39 Å². The van der Waals surface area contributed by atoms with Crippen LogP contribution in [0.25, 0.3) is 0 Å². The predicted octanol–water partition coefficient (Wildman–Crippen LogP) is 4.17. The zero-order valence-corrected chi connectivity index (χ0v) is 19.7. The highest BCUT2D eigenvalue weighted by Crippen LogP contribution is 2.14. The number of aliphatic imine (C=N–C) groups is 1. The van der Waals surface area contributed by atoms with E-state index in [1.807, 2.05) is 6.07 Å². The number of hydrogen-bond donors (Lipinski definition) is 2. The van der Waals surface area contributed by atoms with E-state index in [0.717, 1.165) is 6.54 Å². The van der Waals surface area contributed by atoms with Gasteiger partial charge in [0, 0.05) is 32.2 Å². The Kier molecular flexibility index (Phi) is 10.0. The van der Waals surface area contributed by atoms with Crippen molar-refractivity contribution in [2.45, 2.75) is 38.9 Å². The maximum absolute atomic E-state index is 14.0. The van der Waals surface area contributed by atoms with Gasteiger partial charge in [-0.15, -0.1) is 24.0 Å². The Morgan fingerprint density at radius 2 is 1.70 bits per heavy atom. The van der Waals surface area contributed by atoms with Gasteiger partial charge in [0.1, 0.15) is 5.82 Å². The van der Waals surface area contributed by atoms with Crippen LogP contribution in [0.2, 0.25) is 0 Å². The van der Waals surface area contributed by atoms with Gasteiger partial charge in [0.2, 0.25) is 0 Å². The van der Waals surface area contributed by atoms with Crippen molar-refractivity contribution in [1.82, 2.24) is 15.5 Å². The minimum absolute atomic E-state index is 0. The van der Waals surface area contributed by atoms with Crippen LogP contribution in [0.15, 0.2) is 47.5 Å². The lowest BCUT2D eigenvalue weighted by atomic mass is 10.1. The number of likely N-dealkylation sites (tertiary alicyclic amines) is 1. The molecule has 1 aliphatic rings. The van der Waals surface area contributed by atoms with Crippen molar-refractivity contribution in [3.8, 4) is 6.07 Å². The molecule has 1 fully saturated rings. The smallest absolute Gasteiger partial charge is 0.191 e. The van der Waals surface area contributed by atoms with E-state index in [1.165, 1.54) is 49.5 Å². The lowest BCUT2D eigenvalue weighted by molar-refractivity contribution is 0.221. The Hall–Kier alpha value is -2.18. The van der Waals surface area contributed by atoms with Crippen molar-refractivity contribution in [2.75, 3.05) is 20.1 Å². The molecule has 0 saturated carbocycles. The molecule has 2 aromatic rings. The Morgan fingerprint density at radius 3 is 2.33 bits per heavy atom. The quantitative estimate of drug-likeness (QED) is 0.341. The topological polar surface area (TPSA) is 63.5 Å². The third kappa shape index (κ3) is 7.26. The number of rotatable bonds is 6. The number of nitrogens with one attached hydrogen (secondary N) is 2. The molecule has 0 radical (unpaired) electrons. The second-order valence-electron chi connectivity index (χ2n) is 7.35. The second-order valence-corrected chi connectivity index (χ2v) is 7.35. The van der Waals surface area contributed by atoms with Crippen molar-refractivity contribution in [1.29, 1.82) is 5.26 Å². The standard InChI is InChI=1S/C23H28FN5.HI/c1-26-23(28-16-21-10-9-20(14-25)13-22(21)24)27-15-18-5-7-19(8-6-18)17-29-11-3-2-4-12-29;/h5-10,13H,2-4,11-12,15-17H2,1H3,(H2,26,27,28);1H. The summed E-state index contributed by atoms with van der Waals surface area (Å²) < 4.78 is 14.0.